The summed E-state index contributed by atoms with van der Waals surface area (Å²) in [6.07, 6.45) is 2.24. The Hall–Kier alpha value is -0.850. The maximum absolute atomic E-state index is 11.9. The summed E-state index contributed by atoms with van der Waals surface area (Å²) in [6.45, 7) is 7.01. The highest BCUT2D eigenvalue weighted by molar-refractivity contribution is 7.89. The average molecular weight is 334 g/mol. The molecular weight excluding hydrogens is 310 g/mol. The van der Waals surface area contributed by atoms with Crippen molar-refractivity contribution in [1.29, 1.82) is 0 Å². The van der Waals surface area contributed by atoms with E-state index in [9.17, 15) is 8.42 Å². The molecule has 1 rings (SSSR count). The van der Waals surface area contributed by atoms with Crippen molar-refractivity contribution in [3.63, 3.8) is 0 Å². The van der Waals surface area contributed by atoms with Crippen molar-refractivity contribution < 1.29 is 8.42 Å². The van der Waals surface area contributed by atoms with Crippen molar-refractivity contribution in [3.05, 3.63) is 18.3 Å². The third-order valence-corrected chi connectivity index (χ3v) is 4.96. The smallest absolute Gasteiger partial charge is 0.244 e. The van der Waals surface area contributed by atoms with Gasteiger partial charge in [-0.3, -0.25) is 0 Å². The first-order valence-corrected chi connectivity index (χ1v) is 8.66. The summed E-state index contributed by atoms with van der Waals surface area (Å²) >= 11 is 6.27. The van der Waals surface area contributed by atoms with Gasteiger partial charge in [-0.2, -0.15) is 0 Å². The first kappa shape index (κ1) is 18.2. The monoisotopic (exact) mass is 333 g/mol. The SMILES string of the molecule is CN(C)S(=O)(=O)c1ccc(NCC(Cl)CC(C)(C)C)nc1. The molecule has 1 unspecified atom stereocenters. The Bertz CT molecular complexity index is 551. The minimum absolute atomic E-state index is 0.00279. The van der Waals surface area contributed by atoms with Crippen molar-refractivity contribution >= 4 is 27.4 Å². The van der Waals surface area contributed by atoms with Gasteiger partial charge < -0.3 is 5.32 Å². The molecule has 7 heteroatoms. The van der Waals surface area contributed by atoms with E-state index in [-0.39, 0.29) is 15.7 Å². The Labute approximate surface area is 132 Å². The second kappa shape index (κ2) is 6.94. The van der Waals surface area contributed by atoms with Crippen LogP contribution >= 0.6 is 11.6 Å². The maximum atomic E-state index is 11.9. The molecule has 0 saturated heterocycles. The molecule has 1 N–H and O–H groups in total. The van der Waals surface area contributed by atoms with Gasteiger partial charge >= 0.3 is 0 Å². The van der Waals surface area contributed by atoms with Crippen LogP contribution in [0, 0.1) is 5.41 Å². The number of hydrogen-bond acceptors (Lipinski definition) is 4. The van der Waals surface area contributed by atoms with Crippen LogP contribution in [0.2, 0.25) is 0 Å². The Balaban J connectivity index is 2.64. The molecule has 0 aliphatic rings. The van der Waals surface area contributed by atoms with Crippen molar-refractivity contribution in [1.82, 2.24) is 9.29 Å². The highest BCUT2D eigenvalue weighted by Crippen LogP contribution is 2.23. The molecule has 0 radical (unpaired) electrons. The first-order valence-electron chi connectivity index (χ1n) is 6.79. The fourth-order valence-electron chi connectivity index (χ4n) is 1.80. The summed E-state index contributed by atoms with van der Waals surface area (Å²) < 4.78 is 25.0. The van der Waals surface area contributed by atoms with Crippen molar-refractivity contribution in [3.8, 4) is 0 Å². The molecule has 5 nitrogen and oxygen atoms in total. The lowest BCUT2D eigenvalue weighted by molar-refractivity contribution is 0.373. The molecule has 0 amide bonds. The second-order valence-corrected chi connectivity index (χ2v) is 9.18. The molecule has 21 heavy (non-hydrogen) atoms. The van der Waals surface area contributed by atoms with Crippen LogP contribution in [0.3, 0.4) is 0 Å². The molecule has 1 aromatic heterocycles. The highest BCUT2D eigenvalue weighted by atomic mass is 35.5. The van der Waals surface area contributed by atoms with Crippen molar-refractivity contribution in [2.24, 2.45) is 5.41 Å². The van der Waals surface area contributed by atoms with E-state index < -0.39 is 10.0 Å². The molecule has 0 fully saturated rings. The molecule has 120 valence electrons. The number of sulfonamides is 1. The number of rotatable bonds is 6. The molecular formula is C14H24ClN3O2S. The molecule has 1 atom stereocenters. The van der Waals surface area contributed by atoms with Crippen LogP contribution in [0.5, 0.6) is 0 Å². The van der Waals surface area contributed by atoms with Crippen LogP contribution in [-0.4, -0.2) is 43.7 Å². The van der Waals surface area contributed by atoms with Gasteiger partial charge in [0.05, 0.1) is 5.38 Å². The largest absolute Gasteiger partial charge is 0.369 e. The van der Waals surface area contributed by atoms with Gasteiger partial charge in [0.15, 0.2) is 0 Å². The lowest BCUT2D eigenvalue weighted by atomic mass is 9.90. The zero-order valence-electron chi connectivity index (χ0n) is 13.2. The number of pyridine rings is 1. The van der Waals surface area contributed by atoms with Crippen LogP contribution in [0.15, 0.2) is 23.2 Å². The lowest BCUT2D eigenvalue weighted by Crippen LogP contribution is -2.23. The van der Waals surface area contributed by atoms with Crippen LogP contribution in [0.4, 0.5) is 5.82 Å². The van der Waals surface area contributed by atoms with Gasteiger partial charge in [-0.25, -0.2) is 17.7 Å². The average Bonchev–Trinajstić information content (AvgIpc) is 2.34. The van der Waals surface area contributed by atoms with Gasteiger partial charge in [0, 0.05) is 26.8 Å². The zero-order chi connectivity index (χ0) is 16.3. The van der Waals surface area contributed by atoms with Gasteiger partial charge in [-0.1, -0.05) is 20.8 Å². The molecule has 1 aromatic rings. The molecule has 0 aliphatic carbocycles. The summed E-state index contributed by atoms with van der Waals surface area (Å²) in [5, 5.41) is 3.12. The van der Waals surface area contributed by atoms with Crippen LogP contribution in [0.1, 0.15) is 27.2 Å². The molecule has 0 aliphatic heterocycles. The molecule has 0 spiro atoms. The van der Waals surface area contributed by atoms with Gasteiger partial charge in [0.2, 0.25) is 10.0 Å². The van der Waals surface area contributed by atoms with Crippen LogP contribution < -0.4 is 5.32 Å². The third kappa shape index (κ3) is 5.80. The van der Waals surface area contributed by atoms with E-state index in [2.05, 4.69) is 31.1 Å². The van der Waals surface area contributed by atoms with Gasteiger partial charge in [-0.05, 0) is 24.0 Å². The lowest BCUT2D eigenvalue weighted by Gasteiger charge is -2.22. The van der Waals surface area contributed by atoms with E-state index in [1.165, 1.54) is 26.4 Å². The molecule has 0 bridgehead atoms. The number of anilines is 1. The maximum Gasteiger partial charge on any atom is 0.244 e. The van der Waals surface area contributed by atoms with Crippen LogP contribution in [0.25, 0.3) is 0 Å². The summed E-state index contributed by atoms with van der Waals surface area (Å²) in [7, 11) is -0.448. The molecule has 0 saturated carbocycles. The number of hydrogen-bond donors (Lipinski definition) is 1. The summed E-state index contributed by atoms with van der Waals surface area (Å²) in [5.74, 6) is 0.618. The predicted molar refractivity (Wildman–Crippen MR) is 87.3 cm³/mol. The number of nitrogens with one attached hydrogen (secondary N) is 1. The van der Waals surface area contributed by atoms with Gasteiger partial charge in [0.25, 0.3) is 0 Å². The fourth-order valence-corrected chi connectivity index (χ4v) is 3.19. The second-order valence-electron chi connectivity index (χ2n) is 6.41. The molecule has 1 heterocycles. The quantitative estimate of drug-likeness (QED) is 0.813. The number of nitrogens with zero attached hydrogens (tertiary/aromatic N) is 2. The summed E-state index contributed by atoms with van der Waals surface area (Å²) in [5.41, 5.74) is 0.172. The van der Waals surface area contributed by atoms with Gasteiger partial charge in [0.1, 0.15) is 10.7 Å². The van der Waals surface area contributed by atoms with Crippen molar-refractivity contribution in [2.75, 3.05) is 26.0 Å². The minimum Gasteiger partial charge on any atom is -0.369 e. The number of halogens is 1. The Morgan fingerprint density at radius 1 is 1.33 bits per heavy atom. The van der Waals surface area contributed by atoms with Crippen molar-refractivity contribution in [2.45, 2.75) is 37.5 Å². The summed E-state index contributed by atoms with van der Waals surface area (Å²) in [6, 6.07) is 3.19. The van der Waals surface area contributed by atoms with Gasteiger partial charge in [-0.15, -0.1) is 11.6 Å². The normalized spacial score (nSPS) is 14.2. The van der Waals surface area contributed by atoms with E-state index in [0.29, 0.717) is 12.4 Å². The molecule has 0 aromatic carbocycles. The Kier molecular flexibility index (Phi) is 6.01. The number of aromatic nitrogens is 1. The standard InChI is InChI=1S/C14H24ClN3O2S/c1-14(2,3)8-11(15)9-16-13-7-6-12(10-17-13)21(19,20)18(4)5/h6-7,10-11H,8-9H2,1-5H3,(H,16,17). The van der Waals surface area contributed by atoms with Crippen LogP contribution in [-0.2, 0) is 10.0 Å². The first-order chi connectivity index (χ1) is 9.52. The summed E-state index contributed by atoms with van der Waals surface area (Å²) in [4.78, 5) is 4.30. The van der Waals surface area contributed by atoms with E-state index >= 15 is 0 Å². The Morgan fingerprint density at radius 2 is 1.95 bits per heavy atom. The van der Waals surface area contributed by atoms with E-state index in [1.807, 2.05) is 0 Å². The predicted octanol–water partition coefficient (Wildman–Crippen LogP) is 2.79. The Morgan fingerprint density at radius 3 is 2.38 bits per heavy atom. The van der Waals surface area contributed by atoms with E-state index in [1.54, 1.807) is 6.07 Å². The topological polar surface area (TPSA) is 62.3 Å². The highest BCUT2D eigenvalue weighted by Gasteiger charge is 2.18. The fraction of sp³-hybridized carbons (Fsp3) is 0.643. The zero-order valence-corrected chi connectivity index (χ0v) is 14.8. The number of alkyl halides is 1. The van der Waals surface area contributed by atoms with E-state index in [4.69, 9.17) is 11.6 Å². The minimum atomic E-state index is -3.43. The van der Waals surface area contributed by atoms with E-state index in [0.717, 1.165) is 10.7 Å². The third-order valence-electron chi connectivity index (χ3n) is 2.85.